The van der Waals surface area contributed by atoms with Crippen LogP contribution in [0.1, 0.15) is 12.0 Å². The first-order chi connectivity index (χ1) is 13.5. The standard InChI is InChI=1S/C22H16Cl3NO2/c1-28-13-11-16(14-5-2-3-6-17(14)23)15-9-10-21(27)26(20(15)12-13)22-18(24)7-4-8-19(22)25/h2-8,11-12H,9-10H2,1H3. The third kappa shape index (κ3) is 3.24. The summed E-state index contributed by atoms with van der Waals surface area (Å²) in [4.78, 5) is 14.5. The number of ether oxygens (including phenoxy) is 1. The molecule has 0 radical (unpaired) electrons. The third-order valence-electron chi connectivity index (χ3n) is 4.84. The summed E-state index contributed by atoms with van der Waals surface area (Å²) in [5.41, 5.74) is 4.01. The van der Waals surface area contributed by atoms with Gasteiger partial charge in [-0.2, -0.15) is 0 Å². The molecule has 0 unspecified atom stereocenters. The van der Waals surface area contributed by atoms with Gasteiger partial charge in [0.2, 0.25) is 5.91 Å². The molecule has 0 aliphatic carbocycles. The molecule has 0 fully saturated rings. The highest BCUT2D eigenvalue weighted by atomic mass is 35.5. The Balaban J connectivity index is 2.01. The molecular weight excluding hydrogens is 417 g/mol. The molecule has 1 aliphatic heterocycles. The highest BCUT2D eigenvalue weighted by molar-refractivity contribution is 6.40. The fourth-order valence-electron chi connectivity index (χ4n) is 3.56. The van der Waals surface area contributed by atoms with Crippen molar-refractivity contribution in [1.82, 2.24) is 0 Å². The first-order valence-corrected chi connectivity index (χ1v) is 9.87. The number of para-hydroxylation sites is 1. The summed E-state index contributed by atoms with van der Waals surface area (Å²) in [7, 11) is 1.59. The van der Waals surface area contributed by atoms with Crippen molar-refractivity contribution in [1.29, 1.82) is 0 Å². The molecule has 1 amide bonds. The van der Waals surface area contributed by atoms with Crippen molar-refractivity contribution in [3.63, 3.8) is 0 Å². The molecule has 0 saturated carbocycles. The van der Waals surface area contributed by atoms with Gasteiger partial charge in [0.1, 0.15) is 5.75 Å². The van der Waals surface area contributed by atoms with Crippen molar-refractivity contribution in [2.45, 2.75) is 12.8 Å². The lowest BCUT2D eigenvalue weighted by molar-refractivity contribution is -0.118. The van der Waals surface area contributed by atoms with E-state index < -0.39 is 0 Å². The van der Waals surface area contributed by atoms with Gasteiger partial charge < -0.3 is 4.74 Å². The molecule has 3 aromatic carbocycles. The number of hydrogen-bond acceptors (Lipinski definition) is 2. The number of rotatable bonds is 3. The smallest absolute Gasteiger partial charge is 0.231 e. The highest BCUT2D eigenvalue weighted by Crippen LogP contribution is 2.47. The molecule has 6 heteroatoms. The highest BCUT2D eigenvalue weighted by Gasteiger charge is 2.31. The van der Waals surface area contributed by atoms with Gasteiger partial charge in [0.05, 0.1) is 28.5 Å². The summed E-state index contributed by atoms with van der Waals surface area (Å²) in [5.74, 6) is 0.553. The van der Waals surface area contributed by atoms with E-state index in [4.69, 9.17) is 39.5 Å². The zero-order valence-corrected chi connectivity index (χ0v) is 17.3. The third-order valence-corrected chi connectivity index (χ3v) is 5.78. The summed E-state index contributed by atoms with van der Waals surface area (Å²) in [5, 5.41) is 1.46. The number of hydrogen-bond donors (Lipinski definition) is 0. The van der Waals surface area contributed by atoms with E-state index in [2.05, 4.69) is 0 Å². The second-order valence-electron chi connectivity index (χ2n) is 6.45. The van der Waals surface area contributed by atoms with Crippen molar-refractivity contribution < 1.29 is 9.53 Å². The zero-order valence-electron chi connectivity index (χ0n) is 15.0. The quantitative estimate of drug-likeness (QED) is 0.449. The van der Waals surface area contributed by atoms with Crippen molar-refractivity contribution >= 4 is 52.1 Å². The Kier molecular flexibility index (Phi) is 5.24. The van der Waals surface area contributed by atoms with E-state index >= 15 is 0 Å². The predicted octanol–water partition coefficient (Wildman–Crippen LogP) is 6.93. The predicted molar refractivity (Wildman–Crippen MR) is 115 cm³/mol. The minimum Gasteiger partial charge on any atom is -0.497 e. The van der Waals surface area contributed by atoms with E-state index in [1.165, 1.54) is 0 Å². The van der Waals surface area contributed by atoms with E-state index in [9.17, 15) is 4.79 Å². The number of benzene rings is 3. The molecule has 3 nitrogen and oxygen atoms in total. The maximum Gasteiger partial charge on any atom is 0.231 e. The average Bonchev–Trinajstić information content (AvgIpc) is 2.69. The first kappa shape index (κ1) is 19.1. The number of amides is 1. The monoisotopic (exact) mass is 431 g/mol. The van der Waals surface area contributed by atoms with Crippen LogP contribution < -0.4 is 9.64 Å². The van der Waals surface area contributed by atoms with Gasteiger partial charge in [-0.25, -0.2) is 0 Å². The van der Waals surface area contributed by atoms with Gasteiger partial charge in [-0.15, -0.1) is 0 Å². The maximum absolute atomic E-state index is 12.9. The van der Waals surface area contributed by atoms with Crippen molar-refractivity contribution in [2.24, 2.45) is 0 Å². The van der Waals surface area contributed by atoms with Gasteiger partial charge >= 0.3 is 0 Å². The van der Waals surface area contributed by atoms with Crippen LogP contribution in [-0.2, 0) is 11.2 Å². The van der Waals surface area contributed by atoms with Crippen LogP contribution in [-0.4, -0.2) is 13.0 Å². The lowest BCUT2D eigenvalue weighted by atomic mass is 9.91. The summed E-state index contributed by atoms with van der Waals surface area (Å²) in [6, 6.07) is 16.6. The molecule has 0 aromatic heterocycles. The fourth-order valence-corrected chi connectivity index (χ4v) is 4.36. The Labute approximate surface area is 178 Å². The van der Waals surface area contributed by atoms with Crippen LogP contribution in [0.4, 0.5) is 11.4 Å². The molecule has 0 N–H and O–H groups in total. The van der Waals surface area contributed by atoms with Crippen LogP contribution in [0.15, 0.2) is 54.6 Å². The first-order valence-electron chi connectivity index (χ1n) is 8.74. The second-order valence-corrected chi connectivity index (χ2v) is 7.67. The number of carbonyl (C=O) groups is 1. The number of carbonyl (C=O) groups excluding carboxylic acids is 1. The van der Waals surface area contributed by atoms with Crippen LogP contribution in [0.25, 0.3) is 11.1 Å². The minimum absolute atomic E-state index is 0.0686. The maximum atomic E-state index is 12.9. The number of anilines is 2. The Morgan fingerprint density at radius 2 is 1.54 bits per heavy atom. The van der Waals surface area contributed by atoms with Gasteiger partial charge in [-0.1, -0.05) is 59.1 Å². The Bertz CT molecular complexity index is 1060. The van der Waals surface area contributed by atoms with E-state index in [0.29, 0.717) is 45.0 Å². The average molecular weight is 433 g/mol. The van der Waals surface area contributed by atoms with Gasteiger partial charge in [0.15, 0.2) is 0 Å². The van der Waals surface area contributed by atoms with Crippen molar-refractivity contribution in [2.75, 3.05) is 12.0 Å². The number of nitrogens with zero attached hydrogens (tertiary/aromatic N) is 1. The normalized spacial score (nSPS) is 13.4. The molecule has 142 valence electrons. The Morgan fingerprint density at radius 1 is 0.857 bits per heavy atom. The molecule has 1 heterocycles. The van der Waals surface area contributed by atoms with E-state index in [1.54, 1.807) is 30.2 Å². The Hall–Kier alpha value is -2.20. The molecule has 0 atom stereocenters. The molecule has 4 rings (SSSR count). The zero-order chi connectivity index (χ0) is 19.8. The molecule has 0 bridgehead atoms. The summed E-state index contributed by atoms with van der Waals surface area (Å²) in [6.07, 6.45) is 0.940. The van der Waals surface area contributed by atoms with Crippen LogP contribution in [0.3, 0.4) is 0 Å². The molecule has 28 heavy (non-hydrogen) atoms. The summed E-state index contributed by atoms with van der Waals surface area (Å²) < 4.78 is 5.52. The fraction of sp³-hybridized carbons (Fsp3) is 0.136. The molecule has 0 spiro atoms. The van der Waals surface area contributed by atoms with Crippen molar-refractivity contribution in [3.05, 3.63) is 75.2 Å². The number of fused-ring (bicyclic) bond motifs is 1. The van der Waals surface area contributed by atoms with E-state index in [-0.39, 0.29) is 5.91 Å². The van der Waals surface area contributed by atoms with E-state index in [0.717, 1.165) is 16.7 Å². The largest absolute Gasteiger partial charge is 0.497 e. The van der Waals surface area contributed by atoms with Gasteiger partial charge in [-0.05, 0) is 41.8 Å². The number of halogens is 3. The van der Waals surface area contributed by atoms with Gasteiger partial charge in [-0.3, -0.25) is 9.69 Å². The Morgan fingerprint density at radius 3 is 2.21 bits per heavy atom. The summed E-state index contributed by atoms with van der Waals surface area (Å²) in [6.45, 7) is 0. The number of methoxy groups -OCH3 is 1. The molecule has 0 saturated heterocycles. The van der Waals surface area contributed by atoms with Gasteiger partial charge in [0, 0.05) is 23.1 Å². The lowest BCUT2D eigenvalue weighted by Crippen LogP contribution is -2.31. The van der Waals surface area contributed by atoms with Crippen LogP contribution in [0.5, 0.6) is 5.75 Å². The molecular formula is C22H16Cl3NO2. The van der Waals surface area contributed by atoms with Crippen molar-refractivity contribution in [3.8, 4) is 16.9 Å². The van der Waals surface area contributed by atoms with Crippen LogP contribution in [0.2, 0.25) is 15.1 Å². The molecule has 1 aliphatic rings. The second kappa shape index (κ2) is 7.67. The SMILES string of the molecule is COc1cc(-c2ccccc2Cl)c2c(c1)N(c1c(Cl)cccc1Cl)C(=O)CC2. The van der Waals surface area contributed by atoms with Gasteiger partial charge in [0.25, 0.3) is 0 Å². The van der Waals surface area contributed by atoms with E-state index in [1.807, 2.05) is 36.4 Å². The molecule has 3 aromatic rings. The van der Waals surface area contributed by atoms with Crippen LogP contribution >= 0.6 is 34.8 Å². The lowest BCUT2D eigenvalue weighted by Gasteiger charge is -2.32. The van der Waals surface area contributed by atoms with Crippen LogP contribution in [0, 0.1) is 0 Å². The topological polar surface area (TPSA) is 29.5 Å². The summed E-state index contributed by atoms with van der Waals surface area (Å²) >= 11 is 19.3. The minimum atomic E-state index is -0.0686.